The molecule has 0 fully saturated rings. The molecule has 10 nitrogen and oxygen atoms in total. The SMILES string of the molecule is CCCC/C=C/CCCCCCCC.CCCCCC(=O)OCC(O)COC(=O)CC(O)(CC(=O)O)C(=O)O. The van der Waals surface area contributed by atoms with E-state index in [0.29, 0.717) is 6.42 Å². The summed E-state index contributed by atoms with van der Waals surface area (Å²) in [5.74, 6) is -5.19. The van der Waals surface area contributed by atoms with Crippen LogP contribution >= 0.6 is 0 Å². The maximum absolute atomic E-state index is 11.5. The normalized spacial score (nSPS) is 13.2. The Morgan fingerprint density at radius 1 is 0.692 bits per heavy atom. The van der Waals surface area contributed by atoms with E-state index in [1.165, 1.54) is 64.2 Å². The monoisotopic (exact) mass is 560 g/mol. The van der Waals surface area contributed by atoms with Crippen molar-refractivity contribution in [3.8, 4) is 0 Å². The number of unbranched alkanes of at least 4 members (excludes halogenated alkanes) is 10. The first kappa shape index (κ1) is 38.7. The molecule has 39 heavy (non-hydrogen) atoms. The van der Waals surface area contributed by atoms with Gasteiger partial charge >= 0.3 is 23.9 Å². The molecule has 0 saturated carbocycles. The molecule has 0 aromatic heterocycles. The van der Waals surface area contributed by atoms with Gasteiger partial charge in [0.1, 0.15) is 19.3 Å². The van der Waals surface area contributed by atoms with Crippen LogP contribution in [0.2, 0.25) is 0 Å². The van der Waals surface area contributed by atoms with Gasteiger partial charge in [0.05, 0.1) is 12.8 Å². The lowest BCUT2D eigenvalue weighted by atomic mass is 9.96. The topological polar surface area (TPSA) is 168 Å². The highest BCUT2D eigenvalue weighted by Gasteiger charge is 2.41. The standard InChI is InChI=1S/C15H24O10.C14H28/c1-2-3-4-5-12(19)24-8-10(16)9-25-13(20)7-15(23,14(21)22)6-11(17)18;1-3-5-7-9-11-13-14-12-10-8-6-4-2/h10,16,23H,2-9H2,1H3,(H,17,18)(H,21,22);9,11H,3-8,10,12-14H2,1-2H3/b;11-9+. The zero-order valence-electron chi connectivity index (χ0n) is 24.2. The van der Waals surface area contributed by atoms with Crippen LogP contribution in [-0.2, 0) is 28.7 Å². The van der Waals surface area contributed by atoms with Gasteiger partial charge in [-0.25, -0.2) is 4.79 Å². The Balaban J connectivity index is 0. The lowest BCUT2D eigenvalue weighted by Gasteiger charge is -2.20. The van der Waals surface area contributed by atoms with Crippen LogP contribution < -0.4 is 0 Å². The van der Waals surface area contributed by atoms with Gasteiger partial charge in [0.15, 0.2) is 5.60 Å². The van der Waals surface area contributed by atoms with Gasteiger partial charge in [0.2, 0.25) is 0 Å². The van der Waals surface area contributed by atoms with Crippen LogP contribution in [0.3, 0.4) is 0 Å². The zero-order chi connectivity index (χ0) is 29.9. The Morgan fingerprint density at radius 3 is 1.72 bits per heavy atom. The second-order valence-corrected chi connectivity index (χ2v) is 9.73. The van der Waals surface area contributed by atoms with Gasteiger partial charge in [-0.15, -0.1) is 0 Å². The third-order valence-electron chi connectivity index (χ3n) is 5.75. The molecule has 2 unspecified atom stereocenters. The molecule has 228 valence electrons. The number of rotatable bonds is 23. The van der Waals surface area contributed by atoms with Crippen molar-refractivity contribution in [2.75, 3.05) is 13.2 Å². The fourth-order valence-electron chi connectivity index (χ4n) is 3.37. The molecule has 10 heteroatoms. The van der Waals surface area contributed by atoms with Gasteiger partial charge in [-0.05, 0) is 25.7 Å². The number of allylic oxidation sites excluding steroid dienone is 2. The number of aliphatic hydroxyl groups excluding tert-OH is 1. The minimum Gasteiger partial charge on any atom is -0.481 e. The summed E-state index contributed by atoms with van der Waals surface area (Å²) in [7, 11) is 0. The number of carboxylic acid groups (broad SMARTS) is 2. The molecule has 0 spiro atoms. The van der Waals surface area contributed by atoms with Crippen molar-refractivity contribution in [2.45, 2.75) is 135 Å². The van der Waals surface area contributed by atoms with Crippen LogP contribution in [0.1, 0.15) is 124 Å². The molecule has 0 saturated heterocycles. The number of hydrogen-bond acceptors (Lipinski definition) is 8. The van der Waals surface area contributed by atoms with Crippen LogP contribution in [0.15, 0.2) is 12.2 Å². The molecule has 0 bridgehead atoms. The number of hydrogen-bond donors (Lipinski definition) is 4. The zero-order valence-corrected chi connectivity index (χ0v) is 24.2. The molecule has 0 aromatic rings. The Bertz CT molecular complexity index is 692. The Morgan fingerprint density at radius 2 is 1.18 bits per heavy atom. The van der Waals surface area contributed by atoms with Crippen molar-refractivity contribution in [3.63, 3.8) is 0 Å². The molecule has 0 heterocycles. The third-order valence-corrected chi connectivity index (χ3v) is 5.75. The lowest BCUT2D eigenvalue weighted by molar-refractivity contribution is -0.173. The van der Waals surface area contributed by atoms with E-state index in [2.05, 4.69) is 30.7 Å². The Hall–Kier alpha value is -2.46. The fourth-order valence-corrected chi connectivity index (χ4v) is 3.37. The molecule has 0 rings (SSSR count). The molecular formula is C29H52O10. The molecule has 0 aliphatic heterocycles. The van der Waals surface area contributed by atoms with Gasteiger partial charge < -0.3 is 29.9 Å². The molecular weight excluding hydrogens is 508 g/mol. The largest absolute Gasteiger partial charge is 0.481 e. The highest BCUT2D eigenvalue weighted by molar-refractivity contribution is 5.88. The van der Waals surface area contributed by atoms with Crippen molar-refractivity contribution < 1.29 is 49.1 Å². The number of carboxylic acids is 2. The number of carbonyl (C=O) groups is 4. The average molecular weight is 561 g/mol. The summed E-state index contributed by atoms with van der Waals surface area (Å²) < 4.78 is 9.34. The van der Waals surface area contributed by atoms with Crippen molar-refractivity contribution in [1.82, 2.24) is 0 Å². The smallest absolute Gasteiger partial charge is 0.336 e. The van der Waals surface area contributed by atoms with Gasteiger partial charge in [0.25, 0.3) is 0 Å². The highest BCUT2D eigenvalue weighted by Crippen LogP contribution is 2.17. The van der Waals surface area contributed by atoms with Crippen molar-refractivity contribution >= 4 is 23.9 Å². The number of ether oxygens (including phenoxy) is 2. The quantitative estimate of drug-likeness (QED) is 0.0742. The third kappa shape index (κ3) is 25.6. The summed E-state index contributed by atoms with van der Waals surface area (Å²) >= 11 is 0. The number of esters is 2. The molecule has 2 atom stereocenters. The maximum atomic E-state index is 11.5. The summed E-state index contributed by atoms with van der Waals surface area (Å²) in [6.45, 7) is 5.50. The first-order valence-corrected chi connectivity index (χ1v) is 14.3. The average Bonchev–Trinajstić information content (AvgIpc) is 2.87. The minimum atomic E-state index is -2.81. The lowest BCUT2D eigenvalue weighted by Crippen LogP contribution is -2.43. The first-order chi connectivity index (χ1) is 18.5. The van der Waals surface area contributed by atoms with Gasteiger partial charge in [-0.2, -0.15) is 0 Å². The number of aliphatic hydroxyl groups is 2. The summed E-state index contributed by atoms with van der Waals surface area (Å²) in [6, 6.07) is 0. The van der Waals surface area contributed by atoms with E-state index in [1.807, 2.05) is 6.92 Å². The summed E-state index contributed by atoms with van der Waals surface area (Å²) in [6.07, 6.45) is 17.6. The van der Waals surface area contributed by atoms with Crippen LogP contribution in [0.5, 0.6) is 0 Å². The second-order valence-electron chi connectivity index (χ2n) is 9.73. The number of aliphatic carboxylic acids is 2. The highest BCUT2D eigenvalue weighted by atomic mass is 16.6. The Kier molecular flexibility index (Phi) is 25.6. The van der Waals surface area contributed by atoms with Crippen LogP contribution in [0, 0.1) is 0 Å². The predicted octanol–water partition coefficient (Wildman–Crippen LogP) is 5.18. The number of carbonyl (C=O) groups excluding carboxylic acids is 2. The van der Waals surface area contributed by atoms with Gasteiger partial charge in [-0.3, -0.25) is 14.4 Å². The first-order valence-electron chi connectivity index (χ1n) is 14.3. The van der Waals surface area contributed by atoms with Gasteiger partial charge in [0, 0.05) is 6.42 Å². The second kappa shape index (κ2) is 25.8. The van der Waals surface area contributed by atoms with E-state index in [1.54, 1.807) is 0 Å². The molecule has 0 aromatic carbocycles. The summed E-state index contributed by atoms with van der Waals surface area (Å²) in [5.41, 5.74) is -2.81. The summed E-state index contributed by atoms with van der Waals surface area (Å²) in [4.78, 5) is 44.3. The van der Waals surface area contributed by atoms with E-state index in [0.717, 1.165) is 12.8 Å². The molecule has 0 aliphatic carbocycles. The van der Waals surface area contributed by atoms with Crippen molar-refractivity contribution in [3.05, 3.63) is 12.2 Å². The maximum Gasteiger partial charge on any atom is 0.336 e. The molecule has 0 aliphatic rings. The van der Waals surface area contributed by atoms with Crippen LogP contribution in [0.25, 0.3) is 0 Å². The minimum absolute atomic E-state index is 0.210. The van der Waals surface area contributed by atoms with Crippen molar-refractivity contribution in [2.24, 2.45) is 0 Å². The summed E-state index contributed by atoms with van der Waals surface area (Å²) in [5, 5.41) is 36.6. The van der Waals surface area contributed by atoms with E-state index in [4.69, 9.17) is 14.9 Å². The van der Waals surface area contributed by atoms with E-state index in [9.17, 15) is 29.4 Å². The van der Waals surface area contributed by atoms with Crippen LogP contribution in [0.4, 0.5) is 0 Å². The molecule has 4 N–H and O–H groups in total. The van der Waals surface area contributed by atoms with E-state index in [-0.39, 0.29) is 6.42 Å². The van der Waals surface area contributed by atoms with Crippen molar-refractivity contribution in [1.29, 1.82) is 0 Å². The molecule has 0 radical (unpaired) electrons. The van der Waals surface area contributed by atoms with E-state index >= 15 is 0 Å². The predicted molar refractivity (Wildman–Crippen MR) is 148 cm³/mol. The van der Waals surface area contributed by atoms with Crippen LogP contribution in [-0.4, -0.2) is 69.2 Å². The fraction of sp³-hybridized carbons (Fsp3) is 0.793. The Labute approximate surface area is 233 Å². The van der Waals surface area contributed by atoms with E-state index < -0.39 is 61.6 Å². The van der Waals surface area contributed by atoms with Gasteiger partial charge in [-0.1, -0.05) is 90.7 Å². The molecule has 0 amide bonds.